The Morgan fingerprint density at radius 3 is 2.53 bits per heavy atom. The molecule has 0 saturated heterocycles. The first kappa shape index (κ1) is 14.0. The first-order valence-electron chi connectivity index (χ1n) is 6.77. The van der Waals surface area contributed by atoms with Gasteiger partial charge in [-0.15, -0.1) is 0 Å². The fourth-order valence-corrected chi connectivity index (χ4v) is 2.61. The van der Waals surface area contributed by atoms with E-state index in [-0.39, 0.29) is 0 Å². The predicted octanol–water partition coefficient (Wildman–Crippen LogP) is 2.49. The number of benzene rings is 1. The van der Waals surface area contributed by atoms with Gasteiger partial charge in [-0.1, -0.05) is 37.1 Å². The van der Waals surface area contributed by atoms with Crippen LogP contribution in [0.1, 0.15) is 42.9 Å². The van der Waals surface area contributed by atoms with Crippen LogP contribution in [0.2, 0.25) is 0 Å². The number of nitrogens with one attached hydrogen (secondary N) is 1. The number of carboxylic acid groups (broad SMARTS) is 1. The van der Waals surface area contributed by atoms with Crippen molar-refractivity contribution in [3.05, 3.63) is 35.4 Å². The number of hydrogen-bond donors (Lipinski definition) is 2. The molecule has 19 heavy (non-hydrogen) atoms. The summed E-state index contributed by atoms with van der Waals surface area (Å²) in [6.45, 7) is 0.550. The van der Waals surface area contributed by atoms with Crippen LogP contribution in [-0.4, -0.2) is 24.2 Å². The molecule has 0 aliphatic heterocycles. The van der Waals surface area contributed by atoms with Crippen LogP contribution in [0.4, 0.5) is 0 Å². The van der Waals surface area contributed by atoms with Gasteiger partial charge in [0.2, 0.25) is 0 Å². The standard InChI is InChI=1S/C15H21NO3/c1-19-10-11-6-8-12(9-7-11)14(15(17)18)16-13-4-2-3-5-13/h6-9,13-14,16H,2-5,10H2,1H3,(H,17,18). The van der Waals surface area contributed by atoms with E-state index in [4.69, 9.17) is 4.74 Å². The van der Waals surface area contributed by atoms with Gasteiger partial charge in [-0.3, -0.25) is 10.1 Å². The zero-order valence-electron chi connectivity index (χ0n) is 11.3. The Bertz CT molecular complexity index is 410. The molecule has 1 unspecified atom stereocenters. The second kappa shape index (κ2) is 6.68. The largest absolute Gasteiger partial charge is 0.480 e. The first-order chi connectivity index (χ1) is 9.20. The van der Waals surface area contributed by atoms with E-state index in [0.29, 0.717) is 12.6 Å². The van der Waals surface area contributed by atoms with Gasteiger partial charge in [-0.2, -0.15) is 0 Å². The lowest BCUT2D eigenvalue weighted by Gasteiger charge is -2.20. The Kier molecular flexibility index (Phi) is 4.93. The lowest BCUT2D eigenvalue weighted by Crippen LogP contribution is -2.35. The van der Waals surface area contributed by atoms with Crippen LogP contribution >= 0.6 is 0 Å². The molecule has 2 rings (SSSR count). The number of hydrogen-bond acceptors (Lipinski definition) is 3. The van der Waals surface area contributed by atoms with E-state index in [1.54, 1.807) is 7.11 Å². The average Bonchev–Trinajstić information content (AvgIpc) is 2.90. The van der Waals surface area contributed by atoms with Crippen molar-refractivity contribution < 1.29 is 14.6 Å². The van der Waals surface area contributed by atoms with Crippen molar-refractivity contribution in [2.75, 3.05) is 7.11 Å². The highest BCUT2D eigenvalue weighted by atomic mass is 16.5. The van der Waals surface area contributed by atoms with Gasteiger partial charge in [-0.05, 0) is 24.0 Å². The van der Waals surface area contributed by atoms with E-state index in [1.165, 1.54) is 12.8 Å². The summed E-state index contributed by atoms with van der Waals surface area (Å²) in [5, 5.41) is 12.6. The maximum atomic E-state index is 11.4. The molecule has 4 nitrogen and oxygen atoms in total. The number of methoxy groups -OCH3 is 1. The fraction of sp³-hybridized carbons (Fsp3) is 0.533. The summed E-state index contributed by atoms with van der Waals surface area (Å²) in [5.74, 6) is -0.814. The van der Waals surface area contributed by atoms with Gasteiger partial charge in [0.25, 0.3) is 0 Å². The highest BCUT2D eigenvalue weighted by Crippen LogP contribution is 2.22. The number of aliphatic carboxylic acids is 1. The molecule has 4 heteroatoms. The van der Waals surface area contributed by atoms with Crippen molar-refractivity contribution >= 4 is 5.97 Å². The third kappa shape index (κ3) is 3.78. The van der Waals surface area contributed by atoms with Gasteiger partial charge in [0, 0.05) is 13.2 Å². The van der Waals surface area contributed by atoms with Gasteiger partial charge in [-0.25, -0.2) is 0 Å². The van der Waals surface area contributed by atoms with E-state index in [0.717, 1.165) is 24.0 Å². The zero-order valence-corrected chi connectivity index (χ0v) is 11.3. The number of carboxylic acids is 1. The van der Waals surface area contributed by atoms with Gasteiger partial charge in [0.15, 0.2) is 0 Å². The maximum absolute atomic E-state index is 11.4. The normalized spacial score (nSPS) is 17.5. The molecule has 1 aromatic rings. The highest BCUT2D eigenvalue weighted by molar-refractivity contribution is 5.75. The summed E-state index contributed by atoms with van der Waals surface area (Å²) in [5.41, 5.74) is 1.86. The van der Waals surface area contributed by atoms with Gasteiger partial charge < -0.3 is 9.84 Å². The van der Waals surface area contributed by atoms with Crippen LogP contribution in [0.15, 0.2) is 24.3 Å². The van der Waals surface area contributed by atoms with E-state index in [2.05, 4.69) is 5.32 Å². The van der Waals surface area contributed by atoms with Crippen molar-refractivity contribution in [3.8, 4) is 0 Å². The van der Waals surface area contributed by atoms with Crippen molar-refractivity contribution in [2.24, 2.45) is 0 Å². The van der Waals surface area contributed by atoms with Gasteiger partial charge in [0.1, 0.15) is 6.04 Å². The zero-order chi connectivity index (χ0) is 13.7. The Labute approximate surface area is 113 Å². The second-order valence-electron chi connectivity index (χ2n) is 5.09. The Morgan fingerprint density at radius 2 is 2.00 bits per heavy atom. The minimum absolute atomic E-state index is 0.333. The summed E-state index contributed by atoms with van der Waals surface area (Å²) in [4.78, 5) is 11.4. The van der Waals surface area contributed by atoms with Crippen molar-refractivity contribution in [1.82, 2.24) is 5.32 Å². The molecule has 0 spiro atoms. The molecular weight excluding hydrogens is 242 g/mol. The van der Waals surface area contributed by atoms with Crippen LogP contribution in [-0.2, 0) is 16.1 Å². The number of carbonyl (C=O) groups is 1. The Morgan fingerprint density at radius 1 is 1.37 bits per heavy atom. The lowest BCUT2D eigenvalue weighted by atomic mass is 10.0. The molecule has 1 atom stereocenters. The van der Waals surface area contributed by atoms with Crippen molar-refractivity contribution in [1.29, 1.82) is 0 Å². The minimum atomic E-state index is -0.814. The van der Waals surface area contributed by atoms with Crippen LogP contribution in [0.3, 0.4) is 0 Å². The summed E-state index contributed by atoms with van der Waals surface area (Å²) < 4.78 is 5.05. The van der Waals surface area contributed by atoms with Crippen LogP contribution in [0.5, 0.6) is 0 Å². The quantitative estimate of drug-likeness (QED) is 0.828. The van der Waals surface area contributed by atoms with Crippen molar-refractivity contribution in [3.63, 3.8) is 0 Å². The van der Waals surface area contributed by atoms with Gasteiger partial charge >= 0.3 is 5.97 Å². The Balaban J connectivity index is 2.07. The summed E-state index contributed by atoms with van der Waals surface area (Å²) in [6, 6.07) is 7.31. The Hall–Kier alpha value is -1.39. The first-order valence-corrected chi connectivity index (χ1v) is 6.77. The molecule has 0 heterocycles. The molecule has 1 aromatic carbocycles. The molecule has 1 aliphatic rings. The summed E-state index contributed by atoms with van der Waals surface area (Å²) in [7, 11) is 1.65. The molecule has 0 aromatic heterocycles. The molecule has 1 fully saturated rings. The van der Waals surface area contributed by atoms with E-state index in [1.807, 2.05) is 24.3 Å². The molecular formula is C15H21NO3. The van der Waals surface area contributed by atoms with E-state index in [9.17, 15) is 9.90 Å². The SMILES string of the molecule is COCc1ccc(C(NC2CCCC2)C(=O)O)cc1. The van der Waals surface area contributed by atoms with Crippen LogP contribution < -0.4 is 5.32 Å². The molecule has 1 saturated carbocycles. The average molecular weight is 263 g/mol. The fourth-order valence-electron chi connectivity index (χ4n) is 2.61. The van der Waals surface area contributed by atoms with Gasteiger partial charge in [0.05, 0.1) is 6.61 Å². The van der Waals surface area contributed by atoms with E-state index >= 15 is 0 Å². The maximum Gasteiger partial charge on any atom is 0.325 e. The van der Waals surface area contributed by atoms with Crippen LogP contribution in [0.25, 0.3) is 0 Å². The predicted molar refractivity (Wildman–Crippen MR) is 72.9 cm³/mol. The van der Waals surface area contributed by atoms with Crippen LogP contribution in [0, 0.1) is 0 Å². The molecule has 104 valence electrons. The number of rotatable bonds is 6. The minimum Gasteiger partial charge on any atom is -0.480 e. The smallest absolute Gasteiger partial charge is 0.325 e. The summed E-state index contributed by atoms with van der Waals surface area (Å²) >= 11 is 0. The molecule has 0 amide bonds. The third-order valence-corrected chi connectivity index (χ3v) is 3.63. The summed E-state index contributed by atoms with van der Waals surface area (Å²) in [6.07, 6.45) is 4.53. The second-order valence-corrected chi connectivity index (χ2v) is 5.09. The van der Waals surface area contributed by atoms with Crippen molar-refractivity contribution in [2.45, 2.75) is 44.4 Å². The molecule has 2 N–H and O–H groups in total. The third-order valence-electron chi connectivity index (χ3n) is 3.63. The molecule has 0 radical (unpaired) electrons. The lowest BCUT2D eigenvalue weighted by molar-refractivity contribution is -0.139. The molecule has 1 aliphatic carbocycles. The topological polar surface area (TPSA) is 58.6 Å². The van der Waals surface area contributed by atoms with E-state index < -0.39 is 12.0 Å². The highest BCUT2D eigenvalue weighted by Gasteiger charge is 2.25. The number of ether oxygens (including phenoxy) is 1. The monoisotopic (exact) mass is 263 g/mol. The molecule has 0 bridgehead atoms.